The van der Waals surface area contributed by atoms with E-state index in [1.807, 2.05) is 18.2 Å². The Bertz CT molecular complexity index is 1050. The molecule has 0 heteroatoms. The molecule has 0 spiro atoms. The minimum Gasteiger partial charge on any atom is -0.116 e. The number of fused-ring (bicyclic) bond motifs is 4. The zero-order valence-corrected chi connectivity index (χ0v) is 16.7. The van der Waals surface area contributed by atoms with Gasteiger partial charge in [0.2, 0.25) is 0 Å². The van der Waals surface area contributed by atoms with E-state index in [0.717, 1.165) is 12.0 Å². The molecule has 0 nitrogen and oxygen atoms in total. The highest BCUT2D eigenvalue weighted by Gasteiger charge is 2.27. The summed E-state index contributed by atoms with van der Waals surface area (Å²) in [6.45, 7) is 2.05. The first-order chi connectivity index (χ1) is 14.3. The summed E-state index contributed by atoms with van der Waals surface area (Å²) < 4.78 is 0. The first-order valence-electron chi connectivity index (χ1n) is 10.1. The molecule has 0 aromatic heterocycles. The summed E-state index contributed by atoms with van der Waals surface area (Å²) >= 11 is 0. The van der Waals surface area contributed by atoms with Gasteiger partial charge >= 0.3 is 0 Å². The van der Waals surface area contributed by atoms with E-state index < -0.39 is 0 Å². The Morgan fingerprint density at radius 3 is 2.83 bits per heavy atom. The first-order valence-corrected chi connectivity index (χ1v) is 10.1. The van der Waals surface area contributed by atoms with E-state index in [9.17, 15) is 0 Å². The van der Waals surface area contributed by atoms with Gasteiger partial charge in [0, 0.05) is 17.4 Å². The summed E-state index contributed by atoms with van der Waals surface area (Å²) in [6.07, 6.45) is 31.5. The van der Waals surface area contributed by atoms with Gasteiger partial charge in [0.15, 0.2) is 0 Å². The highest BCUT2D eigenvalue weighted by Crippen LogP contribution is 2.40. The van der Waals surface area contributed by atoms with E-state index in [1.54, 1.807) is 0 Å². The van der Waals surface area contributed by atoms with Crippen molar-refractivity contribution in [2.24, 2.45) is 11.8 Å². The highest BCUT2D eigenvalue weighted by molar-refractivity contribution is 5.53. The van der Waals surface area contributed by atoms with Gasteiger partial charge in [-0.05, 0) is 54.3 Å². The van der Waals surface area contributed by atoms with E-state index in [-0.39, 0.29) is 0 Å². The lowest BCUT2D eigenvalue weighted by Crippen LogP contribution is -2.12. The normalized spacial score (nSPS) is 27.2. The van der Waals surface area contributed by atoms with Gasteiger partial charge in [-0.1, -0.05) is 96.7 Å². The second kappa shape index (κ2) is 9.11. The molecule has 0 saturated heterocycles. The molecule has 0 aliphatic heterocycles. The maximum absolute atomic E-state index is 3.48. The van der Waals surface area contributed by atoms with Crippen molar-refractivity contribution >= 4 is 6.08 Å². The number of allylic oxidation sites excluding steroid dienone is 16. The second-order valence-electron chi connectivity index (χ2n) is 7.32. The Hall–Kier alpha value is -3.52. The maximum atomic E-state index is 3.48. The molecular formula is C29H24. The Balaban J connectivity index is 1.57. The van der Waals surface area contributed by atoms with Gasteiger partial charge in [0.1, 0.15) is 0 Å². The monoisotopic (exact) mass is 372 g/mol. The van der Waals surface area contributed by atoms with Gasteiger partial charge < -0.3 is 0 Å². The van der Waals surface area contributed by atoms with Crippen LogP contribution in [-0.2, 0) is 0 Å². The summed E-state index contributed by atoms with van der Waals surface area (Å²) in [5, 5.41) is 0. The van der Waals surface area contributed by atoms with E-state index >= 15 is 0 Å². The Labute approximate surface area is 174 Å². The topological polar surface area (TPSA) is 0 Å². The van der Waals surface area contributed by atoms with Gasteiger partial charge in [0.05, 0.1) is 0 Å². The van der Waals surface area contributed by atoms with E-state index in [1.165, 1.54) is 22.3 Å². The Morgan fingerprint density at radius 2 is 1.97 bits per heavy atom. The predicted molar refractivity (Wildman–Crippen MR) is 123 cm³/mol. The molecule has 29 heavy (non-hydrogen) atoms. The molecule has 1 aromatic rings. The van der Waals surface area contributed by atoms with Crippen LogP contribution in [0.25, 0.3) is 6.08 Å². The van der Waals surface area contributed by atoms with Crippen LogP contribution < -0.4 is 0 Å². The molecule has 0 fully saturated rings. The molecule has 2 atom stereocenters. The van der Waals surface area contributed by atoms with Crippen molar-refractivity contribution in [2.45, 2.75) is 13.3 Å². The highest BCUT2D eigenvalue weighted by atomic mass is 14.3. The third-order valence-electron chi connectivity index (χ3n) is 5.37. The Morgan fingerprint density at radius 1 is 1.03 bits per heavy atom. The summed E-state index contributed by atoms with van der Waals surface area (Å²) in [5.74, 6) is 0.713. The molecular weight excluding hydrogens is 348 g/mol. The predicted octanol–water partition coefficient (Wildman–Crippen LogP) is 7.07. The molecule has 0 N–H and O–H groups in total. The molecule has 0 radical (unpaired) electrons. The second-order valence-corrected chi connectivity index (χ2v) is 7.32. The van der Waals surface area contributed by atoms with Gasteiger partial charge in [-0.25, -0.2) is 0 Å². The molecule has 0 saturated carbocycles. The molecule has 4 rings (SSSR count). The molecule has 140 valence electrons. The minimum atomic E-state index is 0.317. The lowest BCUT2D eigenvalue weighted by Gasteiger charge is -2.24. The van der Waals surface area contributed by atoms with Crippen LogP contribution in [-0.4, -0.2) is 0 Å². The van der Waals surface area contributed by atoms with Crippen LogP contribution in [0.2, 0.25) is 0 Å². The molecule has 2 unspecified atom stereocenters. The smallest absolute Gasteiger partial charge is 0.0381 e. The third kappa shape index (κ3) is 4.49. The average molecular weight is 373 g/mol. The van der Waals surface area contributed by atoms with Crippen LogP contribution in [0.15, 0.2) is 125 Å². The maximum Gasteiger partial charge on any atom is 0.0381 e. The number of rotatable bonds is 4. The largest absolute Gasteiger partial charge is 0.116 e. The van der Waals surface area contributed by atoms with Crippen molar-refractivity contribution in [1.82, 2.24) is 0 Å². The van der Waals surface area contributed by atoms with Crippen molar-refractivity contribution in [2.75, 3.05) is 0 Å². The fraction of sp³-hybridized carbons (Fsp3) is 0.138. The average Bonchev–Trinajstić information content (AvgIpc) is 3.18. The molecule has 3 aliphatic rings. The van der Waals surface area contributed by atoms with E-state index in [4.69, 9.17) is 0 Å². The van der Waals surface area contributed by atoms with Crippen LogP contribution in [0.3, 0.4) is 0 Å². The first kappa shape index (κ1) is 18.8. The summed E-state index contributed by atoms with van der Waals surface area (Å²) in [6, 6.07) is 11.8. The fourth-order valence-electron chi connectivity index (χ4n) is 3.93. The standard InChI is InChI=1S/C29H24/c1-2-3-14-25-20-21-26-17-9-16-24(27-18-10-19-28(22-27)29(25)26)15-8-7-13-23-11-5-4-6-12-23/h2-3,5,7-20,27,29H,22H2,1H3/b3-2-,13-7+,15-8+,17-9+,24-16-,25-14-. The minimum absolute atomic E-state index is 0.317. The van der Waals surface area contributed by atoms with Crippen LogP contribution in [0.4, 0.5) is 0 Å². The Kier molecular flexibility index (Phi) is 5.92. The van der Waals surface area contributed by atoms with Crippen molar-refractivity contribution < 1.29 is 0 Å². The van der Waals surface area contributed by atoms with Crippen LogP contribution >= 0.6 is 0 Å². The summed E-state index contributed by atoms with van der Waals surface area (Å²) in [7, 11) is 0. The number of hydrogen-bond donors (Lipinski definition) is 0. The lowest BCUT2D eigenvalue weighted by atomic mass is 9.79. The SMILES string of the molecule is C/C=C\C=C1\C=C=C2/C=C/C=C(/C=C/C=C/c3cc#ccc3)C3C=CC=C(C3)C21. The van der Waals surface area contributed by atoms with Gasteiger partial charge in [0.25, 0.3) is 0 Å². The van der Waals surface area contributed by atoms with Crippen LogP contribution in [0.1, 0.15) is 18.9 Å². The zero-order chi connectivity index (χ0) is 19.9. The molecule has 0 amide bonds. The van der Waals surface area contributed by atoms with Gasteiger partial charge in [-0.15, -0.1) is 5.73 Å². The molecule has 1 aromatic carbocycles. The quantitative estimate of drug-likeness (QED) is 0.392. The molecule has 3 aliphatic carbocycles. The number of hydrogen-bond acceptors (Lipinski definition) is 0. The van der Waals surface area contributed by atoms with Crippen molar-refractivity contribution in [1.29, 1.82) is 0 Å². The van der Waals surface area contributed by atoms with E-state index in [0.29, 0.717) is 11.8 Å². The van der Waals surface area contributed by atoms with Crippen LogP contribution in [0, 0.1) is 24.0 Å². The van der Waals surface area contributed by atoms with Crippen LogP contribution in [0.5, 0.6) is 0 Å². The zero-order valence-electron chi connectivity index (χ0n) is 16.7. The van der Waals surface area contributed by atoms with E-state index in [2.05, 4.69) is 110 Å². The van der Waals surface area contributed by atoms with Crippen molar-refractivity contribution in [3.63, 3.8) is 0 Å². The van der Waals surface area contributed by atoms with Gasteiger partial charge in [-0.3, -0.25) is 0 Å². The van der Waals surface area contributed by atoms with Gasteiger partial charge in [-0.2, -0.15) is 0 Å². The summed E-state index contributed by atoms with van der Waals surface area (Å²) in [5.41, 5.74) is 9.96. The van der Waals surface area contributed by atoms with Crippen molar-refractivity contribution in [3.05, 3.63) is 143 Å². The summed E-state index contributed by atoms with van der Waals surface area (Å²) in [4.78, 5) is 0. The third-order valence-corrected chi connectivity index (χ3v) is 5.37. The molecule has 2 bridgehead atoms. The van der Waals surface area contributed by atoms with Crippen molar-refractivity contribution in [3.8, 4) is 0 Å². The lowest BCUT2D eigenvalue weighted by molar-refractivity contribution is 0.694. The fourth-order valence-corrected chi connectivity index (χ4v) is 3.93. The molecule has 0 heterocycles.